The van der Waals surface area contributed by atoms with Gasteiger partial charge in [-0.1, -0.05) is 43.2 Å². The molecule has 0 bridgehead atoms. The van der Waals surface area contributed by atoms with Crippen LogP contribution in [-0.4, -0.2) is 28.3 Å². The van der Waals surface area contributed by atoms with Crippen molar-refractivity contribution in [2.45, 2.75) is 50.1 Å². The van der Waals surface area contributed by atoms with Gasteiger partial charge in [0.1, 0.15) is 5.82 Å². The lowest BCUT2D eigenvalue weighted by molar-refractivity contribution is -0.123. The van der Waals surface area contributed by atoms with E-state index >= 15 is 0 Å². The molecule has 1 saturated carbocycles. The topological polar surface area (TPSA) is 59.0 Å². The van der Waals surface area contributed by atoms with E-state index in [2.05, 4.69) is 10.6 Å². The summed E-state index contributed by atoms with van der Waals surface area (Å²) in [5.41, 5.74) is 2.73. The first kappa shape index (κ1) is 23.5. The molecule has 3 atom stereocenters. The van der Waals surface area contributed by atoms with Gasteiger partial charge < -0.3 is 5.32 Å². The number of hydrogen-bond acceptors (Lipinski definition) is 3. The number of hydrogen-bond donors (Lipinski definition) is 2. The zero-order valence-corrected chi connectivity index (χ0v) is 19.3. The first-order chi connectivity index (χ1) is 15.7. The minimum atomic E-state index is -0.323. The Morgan fingerprint density at radius 2 is 1.88 bits per heavy atom. The second kappa shape index (κ2) is 10.5. The summed E-state index contributed by atoms with van der Waals surface area (Å²) in [4.78, 5) is 13.0. The van der Waals surface area contributed by atoms with Gasteiger partial charge in [-0.15, -0.1) is 12.4 Å². The van der Waals surface area contributed by atoms with Crippen molar-refractivity contribution >= 4 is 18.3 Å². The lowest BCUT2D eigenvalue weighted by Crippen LogP contribution is -2.42. The summed E-state index contributed by atoms with van der Waals surface area (Å²) in [6.45, 7) is 0.745. The summed E-state index contributed by atoms with van der Waals surface area (Å²) in [6, 6.07) is 18.1. The molecule has 7 heteroatoms. The van der Waals surface area contributed by atoms with Crippen molar-refractivity contribution in [2.75, 3.05) is 6.54 Å². The Labute approximate surface area is 200 Å². The Morgan fingerprint density at radius 1 is 1.09 bits per heavy atom. The molecular formula is C26H30ClFN4O. The Balaban J connectivity index is 0.00000259. The van der Waals surface area contributed by atoms with E-state index < -0.39 is 0 Å². The number of carbonyl (C=O) groups excluding carboxylic acids is 1. The molecule has 5 rings (SSSR count). The normalized spacial score (nSPS) is 22.8. The van der Waals surface area contributed by atoms with Crippen LogP contribution < -0.4 is 10.6 Å². The summed E-state index contributed by atoms with van der Waals surface area (Å²) in [6.07, 6.45) is 7.49. The smallest absolute Gasteiger partial charge is 0.237 e. The van der Waals surface area contributed by atoms with E-state index in [4.69, 9.17) is 5.10 Å². The zero-order valence-electron chi connectivity index (χ0n) is 18.5. The number of rotatable bonds is 6. The van der Waals surface area contributed by atoms with Gasteiger partial charge in [-0.25, -0.2) is 9.07 Å². The summed E-state index contributed by atoms with van der Waals surface area (Å²) in [5.74, 6) is 0.330. The third-order valence-electron chi connectivity index (χ3n) is 6.85. The fourth-order valence-corrected chi connectivity index (χ4v) is 5.14. The molecule has 1 aromatic heterocycles. The molecule has 0 spiro atoms. The Hall–Kier alpha value is -2.70. The van der Waals surface area contributed by atoms with Gasteiger partial charge in [0.2, 0.25) is 5.91 Å². The van der Waals surface area contributed by atoms with Crippen LogP contribution in [0.15, 0.2) is 66.9 Å². The molecule has 1 aliphatic heterocycles. The maximum atomic E-state index is 14.0. The fourth-order valence-electron chi connectivity index (χ4n) is 5.14. The molecule has 0 radical (unpaired) electrons. The van der Waals surface area contributed by atoms with Gasteiger partial charge in [-0.2, -0.15) is 5.10 Å². The average molecular weight is 469 g/mol. The Bertz CT molecular complexity index is 1070. The highest BCUT2D eigenvalue weighted by Crippen LogP contribution is 2.40. The Morgan fingerprint density at radius 3 is 2.64 bits per heavy atom. The molecule has 1 saturated heterocycles. The van der Waals surface area contributed by atoms with Crippen molar-refractivity contribution < 1.29 is 9.18 Å². The number of halogens is 2. The summed E-state index contributed by atoms with van der Waals surface area (Å²) < 4.78 is 15.9. The van der Waals surface area contributed by atoms with E-state index in [0.717, 1.165) is 23.5 Å². The molecule has 3 aromatic rings. The highest BCUT2D eigenvalue weighted by molar-refractivity contribution is 5.85. The molecule has 1 aliphatic carbocycles. The maximum absolute atomic E-state index is 14.0. The predicted molar refractivity (Wildman–Crippen MR) is 129 cm³/mol. The molecule has 2 aromatic carbocycles. The van der Waals surface area contributed by atoms with Crippen LogP contribution in [0.1, 0.15) is 55.3 Å². The van der Waals surface area contributed by atoms with Crippen LogP contribution >= 0.6 is 12.4 Å². The van der Waals surface area contributed by atoms with E-state index in [9.17, 15) is 9.18 Å². The minimum absolute atomic E-state index is 0. The highest BCUT2D eigenvalue weighted by atomic mass is 35.5. The fraction of sp³-hybridized carbons (Fsp3) is 0.385. The van der Waals surface area contributed by atoms with Crippen LogP contribution in [0.25, 0.3) is 5.69 Å². The molecule has 2 fully saturated rings. The molecule has 2 aliphatic rings. The van der Waals surface area contributed by atoms with Gasteiger partial charge in [-0.05, 0) is 61.1 Å². The van der Waals surface area contributed by atoms with E-state index in [-0.39, 0.29) is 42.1 Å². The second-order valence-electron chi connectivity index (χ2n) is 9.01. The van der Waals surface area contributed by atoms with Crippen molar-refractivity contribution in [3.63, 3.8) is 0 Å². The predicted octanol–water partition coefficient (Wildman–Crippen LogP) is 4.93. The van der Waals surface area contributed by atoms with Crippen molar-refractivity contribution in [3.05, 3.63) is 83.9 Å². The van der Waals surface area contributed by atoms with Crippen molar-refractivity contribution in [2.24, 2.45) is 5.92 Å². The molecule has 5 nitrogen and oxygen atoms in total. The van der Waals surface area contributed by atoms with Crippen LogP contribution in [0.3, 0.4) is 0 Å². The van der Waals surface area contributed by atoms with E-state index in [1.54, 1.807) is 12.1 Å². The molecule has 0 unspecified atom stereocenters. The van der Waals surface area contributed by atoms with Gasteiger partial charge in [0.25, 0.3) is 0 Å². The van der Waals surface area contributed by atoms with Gasteiger partial charge in [0.05, 0.1) is 17.4 Å². The standard InChI is InChI=1S/C26H29FN4O.ClH/c27-20-10-6-9-19(15-20)25-22(23-13-14-31(30-23)21-11-2-1-3-12-21)16-24(29-25)26(32)28-17-18-7-4-5-8-18;/h1-3,6,9-15,18,22,24-25,29H,4-5,7-8,16-17H2,(H,28,32);1H/t22-,24+,25+;/m1./s1. The van der Waals surface area contributed by atoms with Crippen LogP contribution in [0.4, 0.5) is 4.39 Å². The van der Waals surface area contributed by atoms with E-state index in [1.165, 1.54) is 31.7 Å². The molecule has 2 N–H and O–H groups in total. The van der Waals surface area contributed by atoms with Crippen LogP contribution in [0.2, 0.25) is 0 Å². The number of benzene rings is 2. The summed E-state index contributed by atoms with van der Waals surface area (Å²) >= 11 is 0. The minimum Gasteiger partial charge on any atom is -0.354 e. The summed E-state index contributed by atoms with van der Waals surface area (Å²) in [5, 5.41) is 11.4. The molecule has 2 heterocycles. The summed E-state index contributed by atoms with van der Waals surface area (Å²) in [7, 11) is 0. The molecule has 1 amide bonds. The van der Waals surface area contributed by atoms with Gasteiger partial charge in [0, 0.05) is 24.7 Å². The lowest BCUT2D eigenvalue weighted by atomic mass is 9.90. The largest absolute Gasteiger partial charge is 0.354 e. The Kier molecular flexibility index (Phi) is 7.46. The first-order valence-corrected chi connectivity index (χ1v) is 11.6. The van der Waals surface area contributed by atoms with Crippen molar-refractivity contribution in [1.82, 2.24) is 20.4 Å². The second-order valence-corrected chi connectivity index (χ2v) is 9.01. The molecular weight excluding hydrogens is 439 g/mol. The van der Waals surface area contributed by atoms with E-state index in [0.29, 0.717) is 12.3 Å². The number of aromatic nitrogens is 2. The number of amides is 1. The first-order valence-electron chi connectivity index (χ1n) is 11.6. The van der Waals surface area contributed by atoms with Gasteiger partial charge >= 0.3 is 0 Å². The number of carbonyl (C=O) groups is 1. The van der Waals surface area contributed by atoms with Crippen LogP contribution in [0, 0.1) is 11.7 Å². The van der Waals surface area contributed by atoms with Crippen LogP contribution in [0.5, 0.6) is 0 Å². The van der Waals surface area contributed by atoms with Crippen molar-refractivity contribution in [1.29, 1.82) is 0 Å². The number of nitrogens with zero attached hydrogens (tertiary/aromatic N) is 2. The monoisotopic (exact) mass is 468 g/mol. The quantitative estimate of drug-likeness (QED) is 0.539. The zero-order chi connectivity index (χ0) is 21.9. The van der Waals surface area contributed by atoms with E-state index in [1.807, 2.05) is 53.3 Å². The number of nitrogens with one attached hydrogen (secondary N) is 2. The van der Waals surface area contributed by atoms with Gasteiger partial charge in [-0.3, -0.25) is 10.1 Å². The van der Waals surface area contributed by atoms with Gasteiger partial charge in [0.15, 0.2) is 0 Å². The number of para-hydroxylation sites is 1. The molecule has 33 heavy (non-hydrogen) atoms. The third-order valence-corrected chi connectivity index (χ3v) is 6.85. The van der Waals surface area contributed by atoms with Crippen molar-refractivity contribution in [3.8, 4) is 5.69 Å². The third kappa shape index (κ3) is 5.28. The maximum Gasteiger partial charge on any atom is 0.237 e. The average Bonchev–Trinajstić information content (AvgIpc) is 3.58. The lowest BCUT2D eigenvalue weighted by Gasteiger charge is -2.19. The van der Waals surface area contributed by atoms with Crippen LogP contribution in [-0.2, 0) is 4.79 Å². The molecule has 174 valence electrons. The SMILES string of the molecule is Cl.O=C(NCC1CCCC1)[C@@H]1C[C@H](c2ccn(-c3ccccc3)n2)[C@H](c2cccc(F)c2)N1. The highest BCUT2D eigenvalue weighted by Gasteiger charge is 2.40.